The summed E-state index contributed by atoms with van der Waals surface area (Å²) in [7, 11) is 0. The first-order valence-corrected chi connectivity index (χ1v) is 6.28. The van der Waals surface area contributed by atoms with Crippen LogP contribution in [0.3, 0.4) is 0 Å². The number of aryl methyl sites for hydroxylation is 1. The van der Waals surface area contributed by atoms with Crippen molar-refractivity contribution in [1.29, 1.82) is 0 Å². The number of pyridine rings is 1. The molecular formula is C15H17NO. The van der Waals surface area contributed by atoms with E-state index in [1.54, 1.807) is 0 Å². The van der Waals surface area contributed by atoms with Crippen LogP contribution in [-0.4, -0.2) is 10.1 Å². The van der Waals surface area contributed by atoms with E-state index in [0.717, 1.165) is 34.5 Å². The van der Waals surface area contributed by atoms with Gasteiger partial charge in [0.2, 0.25) is 0 Å². The van der Waals surface area contributed by atoms with Gasteiger partial charge in [-0.25, -0.2) is 0 Å². The quantitative estimate of drug-likeness (QED) is 0.872. The monoisotopic (exact) mass is 227 g/mol. The van der Waals surface area contributed by atoms with Crippen molar-refractivity contribution in [2.24, 2.45) is 5.92 Å². The summed E-state index contributed by atoms with van der Waals surface area (Å²) >= 11 is 0. The van der Waals surface area contributed by atoms with Gasteiger partial charge in [0.25, 0.3) is 0 Å². The first-order chi connectivity index (χ1) is 8.24. The summed E-state index contributed by atoms with van der Waals surface area (Å²) in [5.74, 6) is 0.734. The lowest BCUT2D eigenvalue weighted by Gasteiger charge is -2.14. The molecular weight excluding hydrogens is 210 g/mol. The maximum Gasteiger partial charge on any atom is 0.0799 e. The topological polar surface area (TPSA) is 33.1 Å². The van der Waals surface area contributed by atoms with Gasteiger partial charge in [-0.2, -0.15) is 0 Å². The molecule has 1 saturated carbocycles. The van der Waals surface area contributed by atoms with Crippen molar-refractivity contribution in [3.8, 4) is 0 Å². The number of para-hydroxylation sites is 1. The Morgan fingerprint density at radius 3 is 2.88 bits per heavy atom. The number of nitrogens with zero attached hydrogens (tertiary/aromatic N) is 1. The van der Waals surface area contributed by atoms with Gasteiger partial charge in [-0.05, 0) is 37.0 Å². The summed E-state index contributed by atoms with van der Waals surface area (Å²) < 4.78 is 0. The average Bonchev–Trinajstić information content (AvgIpc) is 3.11. The molecule has 0 spiro atoms. The molecule has 88 valence electrons. The van der Waals surface area contributed by atoms with Gasteiger partial charge >= 0.3 is 0 Å². The summed E-state index contributed by atoms with van der Waals surface area (Å²) in [5.41, 5.74) is 3.01. The van der Waals surface area contributed by atoms with Crippen molar-refractivity contribution >= 4 is 10.9 Å². The third-order valence-electron chi connectivity index (χ3n) is 3.49. The lowest BCUT2D eigenvalue weighted by Crippen LogP contribution is -2.01. The zero-order valence-electron chi connectivity index (χ0n) is 10.1. The van der Waals surface area contributed by atoms with Crippen LogP contribution in [-0.2, 0) is 0 Å². The van der Waals surface area contributed by atoms with Crippen LogP contribution in [0.2, 0.25) is 0 Å². The predicted octanol–water partition coefficient (Wildman–Crippen LogP) is 3.38. The fraction of sp³-hybridized carbons (Fsp3) is 0.400. The minimum absolute atomic E-state index is 0.339. The summed E-state index contributed by atoms with van der Waals surface area (Å²) in [6.45, 7) is 1.99. The molecule has 0 bridgehead atoms. The number of fused-ring (bicyclic) bond motifs is 1. The number of hydrogen-bond donors (Lipinski definition) is 1. The van der Waals surface area contributed by atoms with E-state index in [0.29, 0.717) is 0 Å². The van der Waals surface area contributed by atoms with Crippen LogP contribution in [0.1, 0.15) is 36.6 Å². The Morgan fingerprint density at radius 2 is 2.12 bits per heavy atom. The zero-order valence-corrected chi connectivity index (χ0v) is 10.1. The summed E-state index contributed by atoms with van der Waals surface area (Å²) in [6.07, 6.45) is 3.11. The molecule has 1 aliphatic carbocycles. The van der Waals surface area contributed by atoms with Crippen LogP contribution in [0.25, 0.3) is 10.9 Å². The van der Waals surface area contributed by atoms with E-state index >= 15 is 0 Å². The van der Waals surface area contributed by atoms with Crippen molar-refractivity contribution in [2.45, 2.75) is 32.3 Å². The van der Waals surface area contributed by atoms with Crippen LogP contribution in [0, 0.1) is 12.8 Å². The Bertz CT molecular complexity index is 546. The van der Waals surface area contributed by atoms with Gasteiger partial charge in [-0.3, -0.25) is 4.98 Å². The minimum Gasteiger partial charge on any atom is -0.388 e. The van der Waals surface area contributed by atoms with Crippen molar-refractivity contribution < 1.29 is 5.11 Å². The second-order valence-corrected chi connectivity index (χ2v) is 5.06. The molecule has 1 heterocycles. The van der Waals surface area contributed by atoms with Crippen molar-refractivity contribution in [3.05, 3.63) is 41.6 Å². The van der Waals surface area contributed by atoms with E-state index in [-0.39, 0.29) is 6.10 Å². The van der Waals surface area contributed by atoms with Gasteiger partial charge in [0, 0.05) is 11.1 Å². The number of aromatic nitrogens is 1. The zero-order chi connectivity index (χ0) is 11.8. The lowest BCUT2D eigenvalue weighted by atomic mass is 9.99. The molecule has 3 rings (SSSR count). The fourth-order valence-corrected chi connectivity index (χ4v) is 2.41. The van der Waals surface area contributed by atoms with Crippen LogP contribution in [0.5, 0.6) is 0 Å². The molecule has 2 heteroatoms. The fourth-order valence-electron chi connectivity index (χ4n) is 2.41. The highest BCUT2D eigenvalue weighted by molar-refractivity contribution is 5.82. The van der Waals surface area contributed by atoms with Gasteiger partial charge in [0.1, 0.15) is 0 Å². The van der Waals surface area contributed by atoms with Crippen LogP contribution in [0.4, 0.5) is 0 Å². The molecule has 0 radical (unpaired) electrons. The molecule has 1 aromatic heterocycles. The second kappa shape index (κ2) is 4.11. The smallest absolute Gasteiger partial charge is 0.0799 e. The highest BCUT2D eigenvalue weighted by atomic mass is 16.3. The van der Waals surface area contributed by atoms with E-state index in [1.165, 1.54) is 12.8 Å². The molecule has 17 heavy (non-hydrogen) atoms. The lowest BCUT2D eigenvalue weighted by molar-refractivity contribution is 0.161. The van der Waals surface area contributed by atoms with Gasteiger partial charge < -0.3 is 5.11 Å². The number of aliphatic hydroxyl groups is 1. The minimum atomic E-state index is -0.339. The number of rotatable bonds is 3. The van der Waals surface area contributed by atoms with E-state index in [2.05, 4.69) is 4.98 Å². The summed E-state index contributed by atoms with van der Waals surface area (Å²) in [6, 6.07) is 10.1. The highest BCUT2D eigenvalue weighted by Crippen LogP contribution is 2.38. The summed E-state index contributed by atoms with van der Waals surface area (Å²) in [5, 5.41) is 11.4. The number of benzene rings is 1. The van der Waals surface area contributed by atoms with Crippen LogP contribution in [0.15, 0.2) is 30.3 Å². The molecule has 1 N–H and O–H groups in total. The van der Waals surface area contributed by atoms with Gasteiger partial charge in [0.05, 0.1) is 11.6 Å². The third-order valence-corrected chi connectivity index (χ3v) is 3.49. The van der Waals surface area contributed by atoms with Gasteiger partial charge in [-0.15, -0.1) is 0 Å². The Kier molecular flexibility index (Phi) is 2.60. The van der Waals surface area contributed by atoms with Gasteiger partial charge in [0.15, 0.2) is 0 Å². The SMILES string of the molecule is Cc1cc(C(O)CC2CC2)c2ccccc2n1. The first kappa shape index (κ1) is 10.7. The molecule has 0 amide bonds. The maximum absolute atomic E-state index is 10.3. The third kappa shape index (κ3) is 2.18. The molecule has 1 aromatic carbocycles. The van der Waals surface area contributed by atoms with Crippen LogP contribution >= 0.6 is 0 Å². The Morgan fingerprint density at radius 1 is 1.35 bits per heavy atom. The van der Waals surface area contributed by atoms with Crippen molar-refractivity contribution in [3.63, 3.8) is 0 Å². The maximum atomic E-state index is 10.3. The van der Waals surface area contributed by atoms with E-state index in [1.807, 2.05) is 37.3 Å². The predicted molar refractivity (Wildman–Crippen MR) is 68.8 cm³/mol. The molecule has 0 aliphatic heterocycles. The summed E-state index contributed by atoms with van der Waals surface area (Å²) in [4.78, 5) is 4.50. The van der Waals surface area contributed by atoms with Gasteiger partial charge in [-0.1, -0.05) is 31.0 Å². The standard InChI is InChI=1S/C15H17NO/c1-10-8-13(15(17)9-11-6-7-11)12-4-2-3-5-14(12)16-10/h2-5,8,11,15,17H,6-7,9H2,1H3. The highest BCUT2D eigenvalue weighted by Gasteiger charge is 2.26. The van der Waals surface area contributed by atoms with E-state index < -0.39 is 0 Å². The first-order valence-electron chi connectivity index (χ1n) is 6.28. The number of aliphatic hydroxyl groups excluding tert-OH is 1. The second-order valence-electron chi connectivity index (χ2n) is 5.06. The molecule has 1 fully saturated rings. The van der Waals surface area contributed by atoms with Crippen LogP contribution < -0.4 is 0 Å². The number of hydrogen-bond acceptors (Lipinski definition) is 2. The van der Waals surface area contributed by atoms with Crippen molar-refractivity contribution in [1.82, 2.24) is 4.98 Å². The van der Waals surface area contributed by atoms with E-state index in [9.17, 15) is 5.11 Å². The molecule has 1 atom stereocenters. The molecule has 2 nitrogen and oxygen atoms in total. The molecule has 0 saturated heterocycles. The largest absolute Gasteiger partial charge is 0.388 e. The Balaban J connectivity index is 2.06. The molecule has 1 unspecified atom stereocenters. The Hall–Kier alpha value is -1.41. The average molecular weight is 227 g/mol. The Labute approximate surface area is 101 Å². The molecule has 2 aromatic rings. The normalized spacial score (nSPS) is 17.3. The van der Waals surface area contributed by atoms with E-state index in [4.69, 9.17) is 0 Å². The molecule has 1 aliphatic rings. The van der Waals surface area contributed by atoms with Crippen molar-refractivity contribution in [2.75, 3.05) is 0 Å².